The predicted molar refractivity (Wildman–Crippen MR) is 69.2 cm³/mol. The standard InChI is InChI=1S/C15H15FN2O2/c1-2-12-13(15(19)20)14(9-6-7-9)17-18(12)11-5-3-4-10(16)8-11/h3-5,8-9H,2,6-7H2,1H3,(H,19,20)/p-1. The van der Waals surface area contributed by atoms with Crippen LogP contribution in [-0.2, 0) is 6.42 Å². The molecule has 1 saturated carbocycles. The highest BCUT2D eigenvalue weighted by Crippen LogP contribution is 2.42. The van der Waals surface area contributed by atoms with Crippen LogP contribution in [-0.4, -0.2) is 15.7 Å². The monoisotopic (exact) mass is 273 g/mol. The van der Waals surface area contributed by atoms with Crippen molar-refractivity contribution in [1.29, 1.82) is 0 Å². The molecule has 1 fully saturated rings. The van der Waals surface area contributed by atoms with E-state index in [0.717, 1.165) is 12.8 Å². The average Bonchev–Trinajstić information content (AvgIpc) is 3.18. The molecule has 0 N–H and O–H groups in total. The molecular weight excluding hydrogens is 259 g/mol. The van der Waals surface area contributed by atoms with E-state index in [9.17, 15) is 14.3 Å². The van der Waals surface area contributed by atoms with Crippen LogP contribution in [0.2, 0.25) is 0 Å². The Labute approximate surface area is 115 Å². The molecule has 0 spiro atoms. The number of carboxylic acid groups (broad SMARTS) is 1. The van der Waals surface area contributed by atoms with Crippen molar-refractivity contribution in [3.63, 3.8) is 0 Å². The maximum atomic E-state index is 13.4. The van der Waals surface area contributed by atoms with E-state index in [1.807, 2.05) is 6.92 Å². The topological polar surface area (TPSA) is 57.9 Å². The van der Waals surface area contributed by atoms with Crippen LogP contribution in [0.5, 0.6) is 0 Å². The Hall–Kier alpha value is -2.17. The second kappa shape index (κ2) is 4.74. The Bertz CT molecular complexity index is 675. The van der Waals surface area contributed by atoms with Crippen LogP contribution in [0.3, 0.4) is 0 Å². The van der Waals surface area contributed by atoms with Crippen LogP contribution in [0.15, 0.2) is 24.3 Å². The van der Waals surface area contributed by atoms with E-state index in [-0.39, 0.29) is 17.3 Å². The first kappa shape index (κ1) is 12.8. The summed E-state index contributed by atoms with van der Waals surface area (Å²) in [4.78, 5) is 11.4. The highest BCUT2D eigenvalue weighted by molar-refractivity contribution is 5.89. The summed E-state index contributed by atoms with van der Waals surface area (Å²) in [6.45, 7) is 1.86. The fourth-order valence-electron chi connectivity index (χ4n) is 2.48. The summed E-state index contributed by atoms with van der Waals surface area (Å²) in [6, 6.07) is 5.99. The third-order valence-corrected chi connectivity index (χ3v) is 3.56. The number of aromatic nitrogens is 2. The summed E-state index contributed by atoms with van der Waals surface area (Å²) >= 11 is 0. The molecule has 1 aliphatic carbocycles. The maximum Gasteiger partial charge on any atom is 0.125 e. The Morgan fingerprint density at radius 3 is 2.80 bits per heavy atom. The van der Waals surface area contributed by atoms with E-state index in [2.05, 4.69) is 5.10 Å². The van der Waals surface area contributed by atoms with E-state index in [0.29, 0.717) is 23.5 Å². The minimum atomic E-state index is -1.20. The second-order valence-corrected chi connectivity index (χ2v) is 5.01. The van der Waals surface area contributed by atoms with Gasteiger partial charge in [-0.2, -0.15) is 5.10 Å². The van der Waals surface area contributed by atoms with Crippen molar-refractivity contribution < 1.29 is 14.3 Å². The van der Waals surface area contributed by atoms with Crippen molar-refractivity contribution in [3.8, 4) is 5.69 Å². The molecule has 0 aliphatic heterocycles. The Morgan fingerprint density at radius 1 is 1.50 bits per heavy atom. The van der Waals surface area contributed by atoms with Gasteiger partial charge in [-0.3, -0.25) is 0 Å². The van der Waals surface area contributed by atoms with Gasteiger partial charge in [0.1, 0.15) is 5.82 Å². The first-order chi connectivity index (χ1) is 9.61. The van der Waals surface area contributed by atoms with Crippen molar-refractivity contribution in [2.24, 2.45) is 0 Å². The minimum Gasteiger partial charge on any atom is -0.545 e. The molecule has 3 rings (SSSR count). The van der Waals surface area contributed by atoms with Gasteiger partial charge in [0.05, 0.1) is 23.0 Å². The molecule has 0 radical (unpaired) electrons. The van der Waals surface area contributed by atoms with E-state index in [1.54, 1.807) is 12.1 Å². The second-order valence-electron chi connectivity index (χ2n) is 5.01. The summed E-state index contributed by atoms with van der Waals surface area (Å²) in [5.74, 6) is -1.38. The Balaban J connectivity index is 2.20. The number of hydrogen-bond acceptors (Lipinski definition) is 3. The quantitative estimate of drug-likeness (QED) is 0.853. The summed E-state index contributed by atoms with van der Waals surface area (Å²) in [7, 11) is 0. The zero-order valence-corrected chi connectivity index (χ0v) is 11.1. The highest BCUT2D eigenvalue weighted by Gasteiger charge is 2.32. The van der Waals surface area contributed by atoms with Crippen molar-refractivity contribution in [1.82, 2.24) is 9.78 Å². The van der Waals surface area contributed by atoms with Crippen molar-refractivity contribution >= 4 is 5.97 Å². The lowest BCUT2D eigenvalue weighted by Crippen LogP contribution is -2.24. The Kier molecular flexibility index (Phi) is 3.04. The molecule has 1 aromatic carbocycles. The van der Waals surface area contributed by atoms with E-state index >= 15 is 0 Å². The van der Waals surface area contributed by atoms with Crippen molar-refractivity contribution in [3.05, 3.63) is 47.0 Å². The van der Waals surface area contributed by atoms with Gasteiger partial charge in [0, 0.05) is 11.5 Å². The molecule has 104 valence electrons. The normalized spacial score (nSPS) is 14.5. The molecule has 0 saturated heterocycles. The number of carboxylic acids is 1. The lowest BCUT2D eigenvalue weighted by atomic mass is 10.1. The number of rotatable bonds is 4. The average molecular weight is 273 g/mol. The molecule has 0 bridgehead atoms. The van der Waals surface area contributed by atoms with E-state index < -0.39 is 5.97 Å². The fraction of sp³-hybridized carbons (Fsp3) is 0.333. The van der Waals surface area contributed by atoms with E-state index in [1.165, 1.54) is 16.8 Å². The summed E-state index contributed by atoms with van der Waals surface area (Å²) in [6.07, 6.45) is 2.40. The lowest BCUT2D eigenvalue weighted by Gasteiger charge is -2.08. The third-order valence-electron chi connectivity index (χ3n) is 3.56. The lowest BCUT2D eigenvalue weighted by molar-refractivity contribution is -0.255. The van der Waals surface area contributed by atoms with Gasteiger partial charge in [-0.15, -0.1) is 0 Å². The molecule has 2 aromatic rings. The molecular formula is C15H14FN2O2-. The summed E-state index contributed by atoms with van der Waals surface area (Å²) in [5.41, 5.74) is 1.86. The number of benzene rings is 1. The molecule has 20 heavy (non-hydrogen) atoms. The minimum absolute atomic E-state index is 0.180. The van der Waals surface area contributed by atoms with Crippen LogP contribution in [0.25, 0.3) is 5.69 Å². The van der Waals surface area contributed by atoms with Gasteiger partial charge >= 0.3 is 0 Å². The first-order valence-electron chi connectivity index (χ1n) is 6.71. The van der Waals surface area contributed by atoms with Crippen LogP contribution in [0, 0.1) is 5.82 Å². The van der Waals surface area contributed by atoms with Gasteiger partial charge in [-0.05, 0) is 37.5 Å². The van der Waals surface area contributed by atoms with Gasteiger partial charge in [-0.25, -0.2) is 9.07 Å². The number of carbonyl (C=O) groups is 1. The zero-order chi connectivity index (χ0) is 14.3. The van der Waals surface area contributed by atoms with Crippen LogP contribution in [0.1, 0.15) is 47.4 Å². The third kappa shape index (κ3) is 2.09. The molecule has 5 heteroatoms. The number of nitrogens with zero attached hydrogens (tertiary/aromatic N) is 2. The number of aromatic carboxylic acids is 1. The predicted octanol–water partition coefficient (Wildman–Crippen LogP) is 1.81. The largest absolute Gasteiger partial charge is 0.545 e. The molecule has 4 nitrogen and oxygen atoms in total. The molecule has 1 aliphatic rings. The maximum absolute atomic E-state index is 13.4. The molecule has 0 unspecified atom stereocenters. The van der Waals surface area contributed by atoms with Crippen LogP contribution >= 0.6 is 0 Å². The molecule has 0 atom stereocenters. The SMILES string of the molecule is CCc1c(C(=O)[O-])c(C2CC2)nn1-c1cccc(F)c1. The smallest absolute Gasteiger partial charge is 0.125 e. The number of carbonyl (C=O) groups excluding carboxylic acids is 1. The number of hydrogen-bond donors (Lipinski definition) is 0. The first-order valence-corrected chi connectivity index (χ1v) is 6.71. The van der Waals surface area contributed by atoms with Gasteiger partial charge in [0.25, 0.3) is 0 Å². The molecule has 0 amide bonds. The molecule has 1 heterocycles. The van der Waals surface area contributed by atoms with Crippen molar-refractivity contribution in [2.75, 3.05) is 0 Å². The van der Waals surface area contributed by atoms with Gasteiger partial charge in [0.15, 0.2) is 0 Å². The van der Waals surface area contributed by atoms with Gasteiger partial charge < -0.3 is 9.90 Å². The van der Waals surface area contributed by atoms with Crippen molar-refractivity contribution in [2.45, 2.75) is 32.1 Å². The molecule has 1 aromatic heterocycles. The van der Waals surface area contributed by atoms with Crippen LogP contribution in [0.4, 0.5) is 4.39 Å². The summed E-state index contributed by atoms with van der Waals surface area (Å²) in [5, 5.41) is 15.8. The van der Waals surface area contributed by atoms with Gasteiger partial charge in [-0.1, -0.05) is 13.0 Å². The van der Waals surface area contributed by atoms with E-state index in [4.69, 9.17) is 0 Å². The number of halogens is 1. The summed E-state index contributed by atoms with van der Waals surface area (Å²) < 4.78 is 14.9. The zero-order valence-electron chi connectivity index (χ0n) is 11.1. The van der Waals surface area contributed by atoms with Crippen LogP contribution < -0.4 is 5.11 Å². The fourth-order valence-corrected chi connectivity index (χ4v) is 2.48. The van der Waals surface area contributed by atoms with Gasteiger partial charge in [0.2, 0.25) is 0 Å². The Morgan fingerprint density at radius 2 is 2.25 bits per heavy atom. The highest BCUT2D eigenvalue weighted by atomic mass is 19.1.